The van der Waals surface area contributed by atoms with E-state index in [2.05, 4.69) is 25.2 Å². The highest BCUT2D eigenvalue weighted by atomic mass is 32.2. The van der Waals surface area contributed by atoms with Gasteiger partial charge in [0.25, 0.3) is 0 Å². The van der Waals surface area contributed by atoms with Crippen molar-refractivity contribution in [1.29, 1.82) is 0 Å². The van der Waals surface area contributed by atoms with Crippen LogP contribution in [0.1, 0.15) is 19.8 Å². The van der Waals surface area contributed by atoms with Crippen LogP contribution in [0.2, 0.25) is 0 Å². The minimum absolute atomic E-state index is 0.810. The molecule has 1 heterocycles. The van der Waals surface area contributed by atoms with E-state index in [1.807, 2.05) is 11.8 Å². The van der Waals surface area contributed by atoms with Gasteiger partial charge in [0.05, 0.1) is 0 Å². The Hall–Kier alpha value is -0.170. The molecule has 0 aromatic heterocycles. The van der Waals surface area contributed by atoms with Crippen LogP contribution >= 0.6 is 11.8 Å². The predicted molar refractivity (Wildman–Crippen MR) is 47.0 cm³/mol. The minimum atomic E-state index is 0.810. The van der Waals surface area contributed by atoms with Crippen molar-refractivity contribution in [2.24, 2.45) is 5.92 Å². The maximum absolute atomic E-state index is 2.37. The molecule has 0 spiro atoms. The first-order valence-electron chi connectivity index (χ1n) is 3.86. The van der Waals surface area contributed by atoms with Crippen LogP contribution in [-0.2, 0) is 0 Å². The summed E-state index contributed by atoms with van der Waals surface area (Å²) in [4.78, 5) is 1.51. The summed E-state index contributed by atoms with van der Waals surface area (Å²) in [6.45, 7) is 2.22. The van der Waals surface area contributed by atoms with E-state index in [9.17, 15) is 0 Å². The average molecular weight is 152 g/mol. The van der Waals surface area contributed by atoms with Crippen molar-refractivity contribution in [3.63, 3.8) is 0 Å². The molecule has 2 aliphatic rings. The van der Waals surface area contributed by atoms with Crippen LogP contribution in [0, 0.1) is 5.92 Å². The largest absolute Gasteiger partial charge is 0.123 e. The van der Waals surface area contributed by atoms with Crippen molar-refractivity contribution in [2.75, 3.05) is 0 Å². The third-order valence-electron chi connectivity index (χ3n) is 2.26. The Kier molecular flexibility index (Phi) is 1.61. The molecule has 0 aromatic carbocycles. The third kappa shape index (κ3) is 1.03. The zero-order valence-electron chi connectivity index (χ0n) is 6.21. The van der Waals surface area contributed by atoms with Crippen LogP contribution in [0.4, 0.5) is 0 Å². The zero-order chi connectivity index (χ0) is 6.97. The van der Waals surface area contributed by atoms with E-state index in [0.29, 0.717) is 0 Å². The van der Waals surface area contributed by atoms with Gasteiger partial charge in [0, 0.05) is 5.25 Å². The standard InChI is InChI=1S/C9H12S/c1-7-5-6-8-3-2-4-9(8)10-7/h2,4-5,8-9H,3,6H2,1H3/t8-,9-/m1/s1. The van der Waals surface area contributed by atoms with Crippen molar-refractivity contribution in [3.05, 3.63) is 23.1 Å². The number of thioether (sulfide) groups is 1. The molecule has 0 saturated heterocycles. The number of fused-ring (bicyclic) bond motifs is 1. The Bertz CT molecular complexity index is 191. The van der Waals surface area contributed by atoms with Crippen molar-refractivity contribution in [2.45, 2.75) is 25.0 Å². The summed E-state index contributed by atoms with van der Waals surface area (Å²) >= 11 is 2.03. The summed E-state index contributed by atoms with van der Waals surface area (Å²) in [5.74, 6) is 0.925. The Morgan fingerprint density at radius 3 is 3.30 bits per heavy atom. The summed E-state index contributed by atoms with van der Waals surface area (Å²) in [7, 11) is 0. The van der Waals surface area contributed by atoms with E-state index in [-0.39, 0.29) is 0 Å². The molecule has 0 nitrogen and oxygen atoms in total. The molecule has 1 heteroatoms. The van der Waals surface area contributed by atoms with Gasteiger partial charge in [0.1, 0.15) is 0 Å². The maximum atomic E-state index is 2.37. The second-order valence-corrected chi connectivity index (χ2v) is 4.48. The molecule has 0 aromatic rings. The maximum Gasteiger partial charge on any atom is 0.0305 e. The molecule has 0 N–H and O–H groups in total. The molecule has 0 fully saturated rings. The number of hydrogen-bond acceptors (Lipinski definition) is 1. The quantitative estimate of drug-likeness (QED) is 0.481. The molecule has 2 atom stereocenters. The fraction of sp³-hybridized carbons (Fsp3) is 0.556. The van der Waals surface area contributed by atoms with Gasteiger partial charge in [-0.25, -0.2) is 0 Å². The monoisotopic (exact) mass is 152 g/mol. The lowest BCUT2D eigenvalue weighted by Gasteiger charge is -2.22. The summed E-state index contributed by atoms with van der Waals surface area (Å²) < 4.78 is 0. The molecule has 54 valence electrons. The van der Waals surface area contributed by atoms with E-state index < -0.39 is 0 Å². The van der Waals surface area contributed by atoms with Gasteiger partial charge < -0.3 is 0 Å². The average Bonchev–Trinajstić information content (AvgIpc) is 2.33. The molecule has 0 radical (unpaired) electrons. The lowest BCUT2D eigenvalue weighted by atomic mass is 10.0. The van der Waals surface area contributed by atoms with Crippen LogP contribution in [0.3, 0.4) is 0 Å². The van der Waals surface area contributed by atoms with Gasteiger partial charge in [-0.2, -0.15) is 0 Å². The second kappa shape index (κ2) is 2.46. The number of allylic oxidation sites excluding steroid dienone is 3. The summed E-state index contributed by atoms with van der Waals surface area (Å²) in [5.41, 5.74) is 0. The van der Waals surface area contributed by atoms with Gasteiger partial charge in [0.2, 0.25) is 0 Å². The first-order chi connectivity index (χ1) is 4.86. The molecule has 1 aliphatic carbocycles. The van der Waals surface area contributed by atoms with Crippen molar-refractivity contribution >= 4 is 11.8 Å². The predicted octanol–water partition coefficient (Wildman–Crippen LogP) is 2.97. The molecule has 1 aliphatic heterocycles. The molecule has 0 saturated carbocycles. The van der Waals surface area contributed by atoms with E-state index in [0.717, 1.165) is 11.2 Å². The van der Waals surface area contributed by atoms with Gasteiger partial charge in [0.15, 0.2) is 0 Å². The lowest BCUT2D eigenvalue weighted by Crippen LogP contribution is -2.12. The van der Waals surface area contributed by atoms with Crippen molar-refractivity contribution in [3.8, 4) is 0 Å². The van der Waals surface area contributed by atoms with Crippen molar-refractivity contribution in [1.82, 2.24) is 0 Å². The minimum Gasteiger partial charge on any atom is -0.123 e. The Morgan fingerprint density at radius 2 is 2.40 bits per heavy atom. The highest BCUT2D eigenvalue weighted by molar-refractivity contribution is 8.03. The van der Waals surface area contributed by atoms with E-state index in [4.69, 9.17) is 0 Å². The molecular formula is C9H12S. The van der Waals surface area contributed by atoms with E-state index in [1.54, 1.807) is 0 Å². The fourth-order valence-corrected chi connectivity index (χ4v) is 2.85. The number of hydrogen-bond donors (Lipinski definition) is 0. The van der Waals surface area contributed by atoms with Gasteiger partial charge >= 0.3 is 0 Å². The Balaban J connectivity index is 2.14. The highest BCUT2D eigenvalue weighted by Gasteiger charge is 2.25. The van der Waals surface area contributed by atoms with Crippen LogP contribution in [0.15, 0.2) is 23.1 Å². The molecule has 0 amide bonds. The Labute approximate surface area is 66.4 Å². The molecule has 0 bridgehead atoms. The fourth-order valence-electron chi connectivity index (χ4n) is 1.62. The van der Waals surface area contributed by atoms with Crippen LogP contribution in [0.5, 0.6) is 0 Å². The van der Waals surface area contributed by atoms with Crippen LogP contribution in [-0.4, -0.2) is 5.25 Å². The highest BCUT2D eigenvalue weighted by Crippen LogP contribution is 2.40. The molecule has 10 heavy (non-hydrogen) atoms. The lowest BCUT2D eigenvalue weighted by molar-refractivity contribution is 0.586. The topological polar surface area (TPSA) is 0 Å². The van der Waals surface area contributed by atoms with Gasteiger partial charge in [-0.15, -0.1) is 11.8 Å². The van der Waals surface area contributed by atoms with Crippen LogP contribution in [0.25, 0.3) is 0 Å². The van der Waals surface area contributed by atoms with Crippen molar-refractivity contribution < 1.29 is 0 Å². The number of rotatable bonds is 0. The van der Waals surface area contributed by atoms with Gasteiger partial charge in [-0.1, -0.05) is 18.2 Å². The first-order valence-corrected chi connectivity index (χ1v) is 4.74. The molecular weight excluding hydrogens is 140 g/mol. The zero-order valence-corrected chi connectivity index (χ0v) is 7.03. The molecule has 0 unspecified atom stereocenters. The Morgan fingerprint density at radius 1 is 1.50 bits per heavy atom. The summed E-state index contributed by atoms with van der Waals surface area (Å²) in [6, 6.07) is 0. The first kappa shape index (κ1) is 6.53. The normalized spacial score (nSPS) is 37.5. The summed E-state index contributed by atoms with van der Waals surface area (Å²) in [6.07, 6.45) is 9.68. The van der Waals surface area contributed by atoms with Crippen LogP contribution < -0.4 is 0 Å². The molecule has 2 rings (SSSR count). The second-order valence-electron chi connectivity index (χ2n) is 3.06. The van der Waals surface area contributed by atoms with E-state index in [1.165, 1.54) is 17.7 Å². The smallest absolute Gasteiger partial charge is 0.0305 e. The third-order valence-corrected chi connectivity index (χ3v) is 3.61. The summed E-state index contributed by atoms with van der Waals surface area (Å²) in [5, 5.41) is 0.810. The SMILES string of the molecule is CC1=CC[C@H]2CC=C[C@H]2S1. The van der Waals surface area contributed by atoms with E-state index >= 15 is 0 Å². The van der Waals surface area contributed by atoms with Gasteiger partial charge in [-0.3, -0.25) is 0 Å². The van der Waals surface area contributed by atoms with Gasteiger partial charge in [-0.05, 0) is 30.6 Å².